The Morgan fingerprint density at radius 1 is 0.971 bits per heavy atom. The Bertz CT molecular complexity index is 1040. The molecule has 4 rings (SSSR count). The minimum atomic E-state index is -3.22. The summed E-state index contributed by atoms with van der Waals surface area (Å²) in [5.41, 5.74) is 3.26. The topological polar surface area (TPSA) is 76.7 Å². The first-order valence-electron chi connectivity index (χ1n) is 12.5. The van der Waals surface area contributed by atoms with E-state index in [0.29, 0.717) is 10.8 Å². The van der Waals surface area contributed by atoms with Crippen LogP contribution in [0.5, 0.6) is 0 Å². The average molecular weight is 486 g/mol. The normalized spacial score (nSPS) is 24.1. The summed E-state index contributed by atoms with van der Waals surface area (Å²) in [5, 5.41) is 10.9. The van der Waals surface area contributed by atoms with E-state index in [9.17, 15) is 8.42 Å². The van der Waals surface area contributed by atoms with Crippen molar-refractivity contribution in [3.05, 3.63) is 48.5 Å². The van der Waals surface area contributed by atoms with Crippen LogP contribution in [0.4, 0.5) is 17.1 Å². The lowest BCUT2D eigenvalue weighted by atomic mass is 9.89. The van der Waals surface area contributed by atoms with Crippen molar-refractivity contribution in [2.24, 2.45) is 5.92 Å². The van der Waals surface area contributed by atoms with Gasteiger partial charge in [0.25, 0.3) is 0 Å². The molecule has 0 spiro atoms. The van der Waals surface area contributed by atoms with Gasteiger partial charge in [-0.1, -0.05) is 26.3 Å². The summed E-state index contributed by atoms with van der Waals surface area (Å²) in [6, 6.07) is 16.2. The summed E-state index contributed by atoms with van der Waals surface area (Å²) in [4.78, 5) is 5.31. The van der Waals surface area contributed by atoms with E-state index in [1.165, 1.54) is 11.9 Å². The van der Waals surface area contributed by atoms with Crippen molar-refractivity contribution < 1.29 is 8.42 Å². The van der Waals surface area contributed by atoms with Crippen LogP contribution in [0.1, 0.15) is 26.7 Å². The monoisotopic (exact) mass is 485 g/mol. The minimum absolute atomic E-state index is 0.150. The van der Waals surface area contributed by atoms with Crippen LogP contribution in [0.3, 0.4) is 0 Å². The number of hydrogen-bond donors (Lipinski definition) is 3. The van der Waals surface area contributed by atoms with Gasteiger partial charge in [0.05, 0.1) is 11.1 Å². The zero-order valence-corrected chi connectivity index (χ0v) is 21.4. The highest BCUT2D eigenvalue weighted by molar-refractivity contribution is 7.90. The number of nitrogens with one attached hydrogen (secondary N) is 3. The number of nitrogens with zero attached hydrogens (tertiary/aromatic N) is 2. The van der Waals surface area contributed by atoms with Gasteiger partial charge >= 0.3 is 0 Å². The number of anilines is 3. The Kier molecular flexibility index (Phi) is 8.01. The molecule has 2 saturated heterocycles. The second-order valence-electron chi connectivity index (χ2n) is 9.53. The molecule has 0 aromatic heterocycles. The van der Waals surface area contributed by atoms with Crippen molar-refractivity contribution in [2.75, 3.05) is 61.1 Å². The molecule has 0 saturated carbocycles. The Morgan fingerprint density at radius 2 is 1.71 bits per heavy atom. The smallest absolute Gasteiger partial charge is 0.175 e. The first-order chi connectivity index (χ1) is 16.4. The zero-order valence-electron chi connectivity index (χ0n) is 20.6. The van der Waals surface area contributed by atoms with E-state index in [4.69, 9.17) is 0 Å². The third-order valence-electron chi connectivity index (χ3n) is 7.22. The van der Waals surface area contributed by atoms with Gasteiger partial charge in [-0.2, -0.15) is 0 Å². The molecule has 2 aliphatic rings. The van der Waals surface area contributed by atoms with Crippen LogP contribution >= 0.6 is 0 Å². The van der Waals surface area contributed by atoms with Crippen molar-refractivity contribution in [3.8, 4) is 0 Å². The first-order valence-corrected chi connectivity index (χ1v) is 14.4. The summed E-state index contributed by atoms with van der Waals surface area (Å²) < 4.78 is 23.9. The van der Waals surface area contributed by atoms with Crippen molar-refractivity contribution >= 4 is 26.9 Å². The molecule has 2 aliphatic heterocycles. The number of hydrogen-bond acceptors (Lipinski definition) is 7. The molecule has 0 radical (unpaired) electrons. The standard InChI is InChI=1S/C26H39N5O2S/c1-4-20-19-27-26(18-25(20)28-22-7-6-8-24(17-22)34(3,32)33)29-21-9-11-23(12-10-21)31-15-13-30(5-2)14-16-31/h6-12,17,20,25-29H,4-5,13-16,18-19H2,1-3H3. The van der Waals surface area contributed by atoms with Gasteiger partial charge in [0.1, 0.15) is 0 Å². The molecule has 7 nitrogen and oxygen atoms in total. The zero-order chi connectivity index (χ0) is 24.1. The van der Waals surface area contributed by atoms with E-state index in [1.54, 1.807) is 18.2 Å². The van der Waals surface area contributed by atoms with Crippen LogP contribution in [0.2, 0.25) is 0 Å². The molecule has 2 aromatic rings. The van der Waals surface area contributed by atoms with E-state index in [2.05, 4.69) is 63.9 Å². The fourth-order valence-corrected chi connectivity index (χ4v) is 5.67. The van der Waals surface area contributed by atoms with Crippen molar-refractivity contribution in [2.45, 2.75) is 43.8 Å². The molecule has 3 N–H and O–H groups in total. The Balaban J connectivity index is 1.37. The number of piperidine rings is 1. The molecule has 8 heteroatoms. The number of rotatable bonds is 8. The summed E-state index contributed by atoms with van der Waals surface area (Å²) >= 11 is 0. The van der Waals surface area contributed by atoms with E-state index in [1.807, 2.05) is 6.07 Å². The molecule has 34 heavy (non-hydrogen) atoms. The van der Waals surface area contributed by atoms with Gasteiger partial charge in [-0.15, -0.1) is 0 Å². The number of likely N-dealkylation sites (N-methyl/N-ethyl adjacent to an activating group) is 1. The molecule has 3 atom stereocenters. The minimum Gasteiger partial charge on any atom is -0.382 e. The quantitative estimate of drug-likeness (QED) is 0.529. The second kappa shape index (κ2) is 11.0. The van der Waals surface area contributed by atoms with Gasteiger partial charge in [0.2, 0.25) is 0 Å². The average Bonchev–Trinajstić information content (AvgIpc) is 2.84. The molecule has 0 aliphatic carbocycles. The van der Waals surface area contributed by atoms with Gasteiger partial charge in [-0.3, -0.25) is 5.32 Å². The van der Waals surface area contributed by atoms with Crippen molar-refractivity contribution in [1.82, 2.24) is 10.2 Å². The third kappa shape index (κ3) is 6.23. The predicted molar refractivity (Wildman–Crippen MR) is 142 cm³/mol. The Labute approximate surface area is 204 Å². The molecule has 2 aromatic carbocycles. The highest BCUT2D eigenvalue weighted by atomic mass is 32.2. The lowest BCUT2D eigenvalue weighted by Crippen LogP contribution is -2.52. The van der Waals surface area contributed by atoms with E-state index in [-0.39, 0.29) is 12.2 Å². The van der Waals surface area contributed by atoms with E-state index >= 15 is 0 Å². The molecule has 0 bridgehead atoms. The van der Waals surface area contributed by atoms with Gasteiger partial charge in [0.15, 0.2) is 9.84 Å². The van der Waals surface area contributed by atoms with Crippen LogP contribution in [0.25, 0.3) is 0 Å². The van der Waals surface area contributed by atoms with Crippen LogP contribution in [-0.4, -0.2) is 71.0 Å². The lowest BCUT2D eigenvalue weighted by Gasteiger charge is -2.38. The van der Waals surface area contributed by atoms with Crippen molar-refractivity contribution in [3.63, 3.8) is 0 Å². The molecular formula is C26H39N5O2S. The maximum Gasteiger partial charge on any atom is 0.175 e. The highest BCUT2D eigenvalue weighted by Gasteiger charge is 2.29. The summed E-state index contributed by atoms with van der Waals surface area (Å²) in [6.45, 7) is 10.9. The predicted octanol–water partition coefficient (Wildman–Crippen LogP) is 3.47. The lowest BCUT2D eigenvalue weighted by molar-refractivity contribution is 0.271. The molecule has 2 heterocycles. The fraction of sp³-hybridized carbons (Fsp3) is 0.538. The highest BCUT2D eigenvalue weighted by Crippen LogP contribution is 2.26. The largest absolute Gasteiger partial charge is 0.382 e. The number of sulfone groups is 1. The first kappa shape index (κ1) is 24.8. The molecule has 2 fully saturated rings. The van der Waals surface area contributed by atoms with Crippen molar-refractivity contribution in [1.29, 1.82) is 0 Å². The maximum absolute atomic E-state index is 12.0. The Hall–Kier alpha value is -2.29. The number of piperazine rings is 1. The number of benzene rings is 2. The van der Waals surface area contributed by atoms with Gasteiger partial charge in [-0.25, -0.2) is 8.42 Å². The third-order valence-corrected chi connectivity index (χ3v) is 8.33. The van der Waals surface area contributed by atoms with Crippen LogP contribution in [-0.2, 0) is 9.84 Å². The molecule has 0 amide bonds. The van der Waals surface area contributed by atoms with Crippen LogP contribution < -0.4 is 20.9 Å². The second-order valence-corrected chi connectivity index (χ2v) is 11.5. The Morgan fingerprint density at radius 3 is 2.35 bits per heavy atom. The maximum atomic E-state index is 12.0. The summed E-state index contributed by atoms with van der Waals surface area (Å²) in [5.74, 6) is 0.476. The molecule has 186 valence electrons. The van der Waals surface area contributed by atoms with E-state index < -0.39 is 9.84 Å². The molecule has 3 unspecified atom stereocenters. The van der Waals surface area contributed by atoms with E-state index in [0.717, 1.165) is 63.5 Å². The van der Waals surface area contributed by atoms with Gasteiger partial charge in [-0.05, 0) is 54.9 Å². The fourth-order valence-electron chi connectivity index (χ4n) is 5.00. The SMILES string of the molecule is CCC1CNC(Nc2ccc(N3CCN(CC)CC3)cc2)CC1Nc1cccc(S(C)(=O)=O)c1. The van der Waals surface area contributed by atoms with Gasteiger partial charge in [0, 0.05) is 68.5 Å². The van der Waals surface area contributed by atoms with Crippen LogP contribution in [0.15, 0.2) is 53.4 Å². The summed E-state index contributed by atoms with van der Waals surface area (Å²) in [7, 11) is -3.22. The molecular weight excluding hydrogens is 446 g/mol. The van der Waals surface area contributed by atoms with Gasteiger partial charge < -0.3 is 20.4 Å². The van der Waals surface area contributed by atoms with Crippen LogP contribution in [0, 0.1) is 5.92 Å². The summed E-state index contributed by atoms with van der Waals surface area (Å²) in [6.07, 6.45) is 3.37.